The van der Waals surface area contributed by atoms with Crippen LogP contribution < -0.4 is 0 Å². The van der Waals surface area contributed by atoms with Gasteiger partial charge in [0.2, 0.25) is 0 Å². The van der Waals surface area contributed by atoms with Crippen molar-refractivity contribution in [2.75, 3.05) is 0 Å². The molecule has 104 valence electrons. The fourth-order valence-electron chi connectivity index (χ4n) is 1.94. The molecule has 0 aliphatic heterocycles. The van der Waals surface area contributed by atoms with Gasteiger partial charge in [-0.1, -0.05) is 71.1 Å². The predicted molar refractivity (Wildman–Crippen MR) is 68.7 cm³/mol. The van der Waals surface area contributed by atoms with Crippen molar-refractivity contribution in [1.82, 2.24) is 0 Å². The van der Waals surface area contributed by atoms with Gasteiger partial charge in [-0.2, -0.15) is 0 Å². The van der Waals surface area contributed by atoms with Crippen molar-refractivity contribution in [3.05, 3.63) is 0 Å². The first-order valence-corrected chi connectivity index (χ1v) is 6.99. The van der Waals surface area contributed by atoms with Crippen LogP contribution in [0, 0.1) is 0 Å². The first-order chi connectivity index (χ1) is 7.77. The zero-order valence-electron chi connectivity index (χ0n) is 11.2. The van der Waals surface area contributed by atoms with Crippen LogP contribution in [0.25, 0.3) is 0 Å². The Hall–Kier alpha value is -0.0105. The molecule has 0 fully saturated rings. The number of rotatable bonds is 12. The van der Waals surface area contributed by atoms with Gasteiger partial charge in [0.1, 0.15) is 0 Å². The minimum atomic E-state index is -0.657. The molecule has 0 aromatic rings. The monoisotopic (exact) mass is 284 g/mol. The van der Waals surface area contributed by atoms with E-state index in [1.54, 1.807) is 0 Å². The van der Waals surface area contributed by atoms with Crippen LogP contribution >= 0.6 is 0 Å². The fourth-order valence-corrected chi connectivity index (χ4v) is 1.94. The first kappa shape index (κ1) is 19.3. The summed E-state index contributed by atoms with van der Waals surface area (Å²) in [6, 6.07) is 0. The van der Waals surface area contributed by atoms with Crippen molar-refractivity contribution < 1.29 is 27.0 Å². The number of carbonyl (C=O) groups is 1. The fraction of sp³-hybridized carbons (Fsp3) is 0.929. The van der Waals surface area contributed by atoms with Crippen LogP contribution in [0.5, 0.6) is 0 Å². The number of carboxylic acids is 1. The van der Waals surface area contributed by atoms with Crippen molar-refractivity contribution in [3.63, 3.8) is 0 Å². The van der Waals surface area contributed by atoms with Gasteiger partial charge in [-0.3, -0.25) is 4.79 Å². The van der Waals surface area contributed by atoms with Crippen molar-refractivity contribution in [2.24, 2.45) is 0 Å². The van der Waals surface area contributed by atoms with Gasteiger partial charge in [0.15, 0.2) is 0 Å². The Morgan fingerprint density at radius 1 is 0.765 bits per heavy atom. The summed E-state index contributed by atoms with van der Waals surface area (Å²) in [5, 5.41) is 8.46. The Morgan fingerprint density at radius 2 is 1.12 bits per heavy atom. The van der Waals surface area contributed by atoms with Crippen molar-refractivity contribution >= 4 is 5.97 Å². The molecule has 3 heteroatoms. The summed E-state index contributed by atoms with van der Waals surface area (Å²) >= 11 is 0. The topological polar surface area (TPSA) is 37.3 Å². The molecule has 17 heavy (non-hydrogen) atoms. The summed E-state index contributed by atoms with van der Waals surface area (Å²) in [7, 11) is 0. The first-order valence-electron chi connectivity index (χ1n) is 6.99. The summed E-state index contributed by atoms with van der Waals surface area (Å²) < 4.78 is 0. The third-order valence-electron chi connectivity index (χ3n) is 2.99. The Morgan fingerprint density at radius 3 is 1.47 bits per heavy atom. The Bertz CT molecular complexity index is 160. The Labute approximate surface area is 117 Å². The van der Waals surface area contributed by atoms with Crippen molar-refractivity contribution in [3.8, 4) is 0 Å². The molecule has 0 atom stereocenters. The van der Waals surface area contributed by atoms with Crippen LogP contribution in [-0.4, -0.2) is 11.1 Å². The van der Waals surface area contributed by atoms with Gasteiger partial charge in [-0.05, 0) is 6.42 Å². The second-order valence-electron chi connectivity index (χ2n) is 4.68. The third-order valence-corrected chi connectivity index (χ3v) is 2.99. The number of carboxylic acid groups (broad SMARTS) is 1. The molecule has 0 saturated carbocycles. The minimum absolute atomic E-state index is 0. The summed E-state index contributed by atoms with van der Waals surface area (Å²) in [6.45, 7) is 2.25. The second kappa shape index (κ2) is 16.0. The molecular formula is C14H28FeO2. The van der Waals surface area contributed by atoms with E-state index in [-0.39, 0.29) is 17.1 Å². The van der Waals surface area contributed by atoms with E-state index in [4.69, 9.17) is 5.11 Å². The van der Waals surface area contributed by atoms with Crippen LogP contribution in [0.15, 0.2) is 0 Å². The van der Waals surface area contributed by atoms with Gasteiger partial charge < -0.3 is 5.11 Å². The molecule has 0 amide bonds. The van der Waals surface area contributed by atoms with E-state index < -0.39 is 5.97 Å². The average Bonchev–Trinajstić information content (AvgIpc) is 2.25. The molecule has 0 unspecified atom stereocenters. The minimum Gasteiger partial charge on any atom is -0.481 e. The van der Waals surface area contributed by atoms with Crippen LogP contribution in [-0.2, 0) is 21.9 Å². The molecule has 0 aliphatic rings. The van der Waals surface area contributed by atoms with E-state index in [2.05, 4.69) is 6.92 Å². The van der Waals surface area contributed by atoms with Gasteiger partial charge >= 0.3 is 5.97 Å². The average molecular weight is 284 g/mol. The normalized spacial score (nSPS) is 9.94. The molecule has 0 aromatic carbocycles. The standard InChI is InChI=1S/C14H28O2.Fe/c1-2-3-4-5-6-7-8-9-10-11-12-13-14(15)16;/h2-13H2,1H3,(H,15,16);. The summed E-state index contributed by atoms with van der Waals surface area (Å²) in [5.74, 6) is -0.657. The SMILES string of the molecule is CCCCCCCCCCCCCC(=O)O.[Fe]. The van der Waals surface area contributed by atoms with E-state index in [0.717, 1.165) is 12.8 Å². The predicted octanol–water partition coefficient (Wildman–Crippen LogP) is 4.77. The van der Waals surface area contributed by atoms with Gasteiger partial charge in [0, 0.05) is 23.5 Å². The molecule has 0 radical (unpaired) electrons. The summed E-state index contributed by atoms with van der Waals surface area (Å²) in [5.41, 5.74) is 0. The molecule has 0 aliphatic carbocycles. The Kier molecular flexibility index (Phi) is 18.2. The van der Waals surface area contributed by atoms with E-state index in [1.165, 1.54) is 57.8 Å². The van der Waals surface area contributed by atoms with Crippen LogP contribution in [0.1, 0.15) is 84.0 Å². The van der Waals surface area contributed by atoms with Crippen LogP contribution in [0.3, 0.4) is 0 Å². The number of unbranched alkanes of at least 4 members (excludes halogenated alkanes) is 10. The van der Waals surface area contributed by atoms with E-state index in [0.29, 0.717) is 6.42 Å². The summed E-state index contributed by atoms with van der Waals surface area (Å²) in [6.07, 6.45) is 14.4. The van der Waals surface area contributed by atoms with Crippen LogP contribution in [0.4, 0.5) is 0 Å². The number of hydrogen-bond acceptors (Lipinski definition) is 1. The number of hydrogen-bond donors (Lipinski definition) is 1. The van der Waals surface area contributed by atoms with Gasteiger partial charge in [-0.15, -0.1) is 0 Å². The molecule has 0 saturated heterocycles. The maximum atomic E-state index is 10.3. The maximum absolute atomic E-state index is 10.3. The molecular weight excluding hydrogens is 256 g/mol. The molecule has 0 heterocycles. The van der Waals surface area contributed by atoms with Gasteiger partial charge in [0.05, 0.1) is 0 Å². The van der Waals surface area contributed by atoms with E-state index in [1.807, 2.05) is 0 Å². The smallest absolute Gasteiger partial charge is 0.303 e. The maximum Gasteiger partial charge on any atom is 0.303 e. The molecule has 0 rings (SSSR count). The number of aliphatic carboxylic acids is 1. The Balaban J connectivity index is 0. The van der Waals surface area contributed by atoms with Crippen LogP contribution in [0.2, 0.25) is 0 Å². The van der Waals surface area contributed by atoms with Crippen molar-refractivity contribution in [1.29, 1.82) is 0 Å². The van der Waals surface area contributed by atoms with E-state index >= 15 is 0 Å². The largest absolute Gasteiger partial charge is 0.481 e. The molecule has 0 bridgehead atoms. The van der Waals surface area contributed by atoms with Gasteiger partial charge in [0.25, 0.3) is 0 Å². The quantitative estimate of drug-likeness (QED) is 0.414. The molecule has 1 N–H and O–H groups in total. The van der Waals surface area contributed by atoms with Gasteiger partial charge in [-0.25, -0.2) is 0 Å². The molecule has 0 spiro atoms. The summed E-state index contributed by atoms with van der Waals surface area (Å²) in [4.78, 5) is 10.3. The van der Waals surface area contributed by atoms with Crippen molar-refractivity contribution in [2.45, 2.75) is 84.0 Å². The van der Waals surface area contributed by atoms with E-state index in [9.17, 15) is 4.79 Å². The second-order valence-corrected chi connectivity index (χ2v) is 4.68. The molecule has 2 nitrogen and oxygen atoms in total. The zero-order chi connectivity index (χ0) is 12.1. The molecule has 0 aromatic heterocycles. The third kappa shape index (κ3) is 18.5. The zero-order valence-corrected chi connectivity index (χ0v) is 12.3.